The number of benzene rings is 2. The lowest BCUT2D eigenvalue weighted by Crippen LogP contribution is -2.48. The molecule has 162 valence electrons. The van der Waals surface area contributed by atoms with E-state index in [1.54, 1.807) is 30.3 Å². The highest BCUT2D eigenvalue weighted by molar-refractivity contribution is 6.32. The fourth-order valence-electron chi connectivity index (χ4n) is 4.31. The van der Waals surface area contributed by atoms with E-state index in [4.69, 9.17) is 23.2 Å². The van der Waals surface area contributed by atoms with Crippen molar-refractivity contribution in [3.63, 3.8) is 0 Å². The molecule has 1 N–H and O–H groups in total. The normalized spacial score (nSPS) is 17.6. The summed E-state index contributed by atoms with van der Waals surface area (Å²) in [4.78, 5) is 15.1. The maximum atomic E-state index is 12.6. The van der Waals surface area contributed by atoms with Gasteiger partial charge < -0.3 is 10.2 Å². The summed E-state index contributed by atoms with van der Waals surface area (Å²) in [7, 11) is 0. The van der Waals surface area contributed by atoms with Gasteiger partial charge in [-0.25, -0.2) is 0 Å². The lowest BCUT2D eigenvalue weighted by atomic mass is 9.79. The second kappa shape index (κ2) is 9.34. The van der Waals surface area contributed by atoms with Crippen LogP contribution in [0.25, 0.3) is 6.08 Å². The molecule has 0 saturated carbocycles. The summed E-state index contributed by atoms with van der Waals surface area (Å²) in [5.74, 6) is -0.142. The molecule has 6 heteroatoms. The van der Waals surface area contributed by atoms with E-state index in [1.165, 1.54) is 5.56 Å². The highest BCUT2D eigenvalue weighted by Gasteiger charge is 2.36. The fourth-order valence-corrected chi connectivity index (χ4v) is 4.65. The van der Waals surface area contributed by atoms with E-state index in [1.807, 2.05) is 18.2 Å². The zero-order valence-corrected chi connectivity index (χ0v) is 19.8. The van der Waals surface area contributed by atoms with Crippen molar-refractivity contribution in [2.75, 3.05) is 16.8 Å². The van der Waals surface area contributed by atoms with Gasteiger partial charge in [0.25, 0.3) is 5.91 Å². The van der Waals surface area contributed by atoms with Crippen molar-refractivity contribution in [3.8, 4) is 6.07 Å². The first-order valence-electron chi connectivity index (χ1n) is 10.5. The Hall–Kier alpha value is -2.48. The lowest BCUT2D eigenvalue weighted by molar-refractivity contribution is -0.112. The molecule has 0 radical (unpaired) electrons. The molecule has 2 aromatic rings. The molecule has 4 nitrogen and oxygen atoms in total. The summed E-state index contributed by atoms with van der Waals surface area (Å²) in [5.41, 5.74) is 3.60. The molecule has 1 unspecified atom stereocenters. The predicted molar refractivity (Wildman–Crippen MR) is 130 cm³/mol. The number of anilines is 2. The van der Waals surface area contributed by atoms with E-state index >= 15 is 0 Å². The molecule has 1 amide bonds. The predicted octanol–water partition coefficient (Wildman–Crippen LogP) is 7.04. The molecule has 1 aliphatic rings. The molecule has 0 aromatic heterocycles. The van der Waals surface area contributed by atoms with Crippen molar-refractivity contribution in [2.24, 2.45) is 0 Å². The highest BCUT2D eigenvalue weighted by Crippen LogP contribution is 2.45. The standard InChI is InChI=1S/C25H27Cl2N3O/c1-5-10-30-23-13-22(27)17(12-21(23)16(2)14-25(30,3)4)11-18(15-28)24(31)29-20-8-6-19(26)7-9-20/h6-9,11-13,16H,5,10,14H2,1-4H3,(H,29,31)/b18-11+. The van der Waals surface area contributed by atoms with E-state index in [2.05, 4.69) is 37.9 Å². The number of amides is 1. The summed E-state index contributed by atoms with van der Waals surface area (Å²) in [5, 5.41) is 13.4. The van der Waals surface area contributed by atoms with Crippen LogP contribution >= 0.6 is 23.2 Å². The largest absolute Gasteiger partial charge is 0.366 e. The van der Waals surface area contributed by atoms with Crippen molar-refractivity contribution >= 4 is 46.6 Å². The minimum absolute atomic E-state index is 0.00833. The molecule has 0 bridgehead atoms. The number of carbonyl (C=O) groups is 1. The van der Waals surface area contributed by atoms with Crippen molar-refractivity contribution < 1.29 is 4.79 Å². The third-order valence-electron chi connectivity index (χ3n) is 5.72. The van der Waals surface area contributed by atoms with Crippen LogP contribution in [0.4, 0.5) is 11.4 Å². The number of nitriles is 1. The molecule has 1 aliphatic heterocycles. The number of halogens is 2. The SMILES string of the molecule is CCCN1c2cc(Cl)c(/C=C(\C#N)C(=O)Nc3ccc(Cl)cc3)cc2C(C)CC1(C)C. The highest BCUT2D eigenvalue weighted by atomic mass is 35.5. The molecular weight excluding hydrogens is 429 g/mol. The minimum atomic E-state index is -0.486. The lowest BCUT2D eigenvalue weighted by Gasteiger charge is -2.47. The summed E-state index contributed by atoms with van der Waals surface area (Å²) in [6.07, 6.45) is 3.62. The van der Waals surface area contributed by atoms with E-state index in [9.17, 15) is 10.1 Å². The van der Waals surface area contributed by atoms with Crippen LogP contribution in [0.15, 0.2) is 42.0 Å². The van der Waals surface area contributed by atoms with Crippen molar-refractivity contribution in [3.05, 3.63) is 63.1 Å². The quantitative estimate of drug-likeness (QED) is 0.388. The molecule has 0 spiro atoms. The van der Waals surface area contributed by atoms with Crippen molar-refractivity contribution in [1.82, 2.24) is 0 Å². The maximum absolute atomic E-state index is 12.6. The average Bonchev–Trinajstić information content (AvgIpc) is 2.71. The second-order valence-corrected chi connectivity index (χ2v) is 9.48. The van der Waals surface area contributed by atoms with Gasteiger partial charge in [-0.05, 0) is 86.2 Å². The second-order valence-electron chi connectivity index (χ2n) is 8.63. The molecule has 3 rings (SSSR count). The third-order valence-corrected chi connectivity index (χ3v) is 6.30. The monoisotopic (exact) mass is 455 g/mol. The molecule has 1 atom stereocenters. The summed E-state index contributed by atoms with van der Waals surface area (Å²) in [6.45, 7) is 9.86. The number of hydrogen-bond donors (Lipinski definition) is 1. The van der Waals surface area contributed by atoms with Crippen LogP contribution in [0.5, 0.6) is 0 Å². The Labute approximate surface area is 194 Å². The Morgan fingerprint density at radius 3 is 2.58 bits per heavy atom. The van der Waals surface area contributed by atoms with E-state index < -0.39 is 5.91 Å². The van der Waals surface area contributed by atoms with Gasteiger partial charge in [0, 0.05) is 33.5 Å². The number of fused-ring (bicyclic) bond motifs is 1. The first kappa shape index (κ1) is 23.2. The van der Waals surface area contributed by atoms with Gasteiger partial charge in [-0.1, -0.05) is 37.0 Å². The Balaban J connectivity index is 1.96. The van der Waals surface area contributed by atoms with Crippen LogP contribution in [-0.2, 0) is 4.79 Å². The number of nitrogens with one attached hydrogen (secondary N) is 1. The average molecular weight is 456 g/mol. The minimum Gasteiger partial charge on any atom is -0.366 e. The zero-order valence-electron chi connectivity index (χ0n) is 18.3. The molecule has 0 saturated heterocycles. The van der Waals surface area contributed by atoms with Crippen LogP contribution in [0.1, 0.15) is 57.6 Å². The van der Waals surface area contributed by atoms with Crippen LogP contribution in [0.3, 0.4) is 0 Å². The first-order valence-corrected chi connectivity index (χ1v) is 11.2. The topological polar surface area (TPSA) is 56.1 Å². The van der Waals surface area contributed by atoms with Crippen molar-refractivity contribution in [2.45, 2.75) is 52.0 Å². The van der Waals surface area contributed by atoms with E-state index in [0.717, 1.165) is 25.1 Å². The Morgan fingerprint density at radius 1 is 1.29 bits per heavy atom. The number of hydrogen-bond acceptors (Lipinski definition) is 3. The number of carbonyl (C=O) groups excluding carboxylic acids is 1. The van der Waals surface area contributed by atoms with Gasteiger partial charge in [0.2, 0.25) is 0 Å². The van der Waals surface area contributed by atoms with E-state index in [-0.39, 0.29) is 11.1 Å². The van der Waals surface area contributed by atoms with Gasteiger partial charge in [-0.2, -0.15) is 5.26 Å². The Morgan fingerprint density at radius 2 is 1.97 bits per heavy atom. The molecule has 0 aliphatic carbocycles. The van der Waals surface area contributed by atoms with Crippen LogP contribution in [0, 0.1) is 11.3 Å². The zero-order chi connectivity index (χ0) is 22.8. The van der Waals surface area contributed by atoms with Gasteiger partial charge in [0.15, 0.2) is 0 Å². The Kier molecular flexibility index (Phi) is 6.99. The van der Waals surface area contributed by atoms with Crippen LogP contribution in [-0.4, -0.2) is 18.0 Å². The number of nitrogens with zero attached hydrogens (tertiary/aromatic N) is 2. The molecular formula is C25H27Cl2N3O. The van der Waals surface area contributed by atoms with E-state index in [0.29, 0.717) is 27.2 Å². The van der Waals surface area contributed by atoms with Gasteiger partial charge in [-0.15, -0.1) is 0 Å². The third kappa shape index (κ3) is 5.06. The van der Waals surface area contributed by atoms with Gasteiger partial charge in [-0.3, -0.25) is 4.79 Å². The van der Waals surface area contributed by atoms with Crippen molar-refractivity contribution in [1.29, 1.82) is 5.26 Å². The van der Waals surface area contributed by atoms with Crippen LogP contribution < -0.4 is 10.2 Å². The van der Waals surface area contributed by atoms with Gasteiger partial charge >= 0.3 is 0 Å². The maximum Gasteiger partial charge on any atom is 0.266 e. The fraction of sp³-hybridized carbons (Fsp3) is 0.360. The van der Waals surface area contributed by atoms with Crippen LogP contribution in [0.2, 0.25) is 10.0 Å². The van der Waals surface area contributed by atoms with Gasteiger partial charge in [0.05, 0.1) is 0 Å². The first-order chi connectivity index (χ1) is 14.7. The summed E-state index contributed by atoms with van der Waals surface area (Å²) in [6, 6.07) is 12.7. The molecule has 1 heterocycles. The summed E-state index contributed by atoms with van der Waals surface area (Å²) >= 11 is 12.5. The molecule has 31 heavy (non-hydrogen) atoms. The molecule has 0 fully saturated rings. The molecule has 2 aromatic carbocycles. The Bertz CT molecular complexity index is 1050. The smallest absolute Gasteiger partial charge is 0.266 e. The van der Waals surface area contributed by atoms with Gasteiger partial charge in [0.1, 0.15) is 11.6 Å². The number of rotatable bonds is 5. The summed E-state index contributed by atoms with van der Waals surface area (Å²) < 4.78 is 0.